The molecular weight excluding hydrogens is 298 g/mol. The average Bonchev–Trinajstić information content (AvgIpc) is 3.05. The minimum atomic E-state index is 0.107. The van der Waals surface area contributed by atoms with Crippen LogP contribution in [-0.4, -0.2) is 22.3 Å². The van der Waals surface area contributed by atoms with Crippen LogP contribution in [0.5, 0.6) is 0 Å². The van der Waals surface area contributed by atoms with E-state index in [9.17, 15) is 4.79 Å². The first kappa shape index (κ1) is 16.5. The number of anilines is 2. The third-order valence-electron chi connectivity index (χ3n) is 4.53. The Bertz CT molecular complexity index is 724. The summed E-state index contributed by atoms with van der Waals surface area (Å²) in [4.78, 5) is 18.9. The maximum atomic E-state index is 12.2. The van der Waals surface area contributed by atoms with Gasteiger partial charge in [-0.3, -0.25) is 9.78 Å². The van der Waals surface area contributed by atoms with E-state index in [1.807, 2.05) is 24.8 Å². The highest BCUT2D eigenvalue weighted by molar-refractivity contribution is 5.76. The summed E-state index contributed by atoms with van der Waals surface area (Å²) in [5, 5.41) is 3.45. The van der Waals surface area contributed by atoms with Gasteiger partial charge in [0.25, 0.3) is 0 Å². The SMILES string of the molecule is CCC(=O)N1CCCC1c1cc(Nc2ccc(C)cc2)cc(C)n1. The Balaban J connectivity index is 1.86. The van der Waals surface area contributed by atoms with Crippen LogP contribution in [0.4, 0.5) is 11.4 Å². The number of aromatic nitrogens is 1. The van der Waals surface area contributed by atoms with Crippen molar-refractivity contribution in [2.75, 3.05) is 11.9 Å². The summed E-state index contributed by atoms with van der Waals surface area (Å²) < 4.78 is 0. The zero-order valence-electron chi connectivity index (χ0n) is 14.7. The first-order valence-electron chi connectivity index (χ1n) is 8.68. The molecule has 1 aliphatic heterocycles. The molecule has 2 heterocycles. The van der Waals surface area contributed by atoms with Crippen molar-refractivity contribution >= 4 is 17.3 Å². The second-order valence-corrected chi connectivity index (χ2v) is 6.51. The second-order valence-electron chi connectivity index (χ2n) is 6.51. The molecule has 0 saturated carbocycles. The maximum absolute atomic E-state index is 12.2. The zero-order chi connectivity index (χ0) is 17.1. The van der Waals surface area contributed by atoms with Crippen LogP contribution >= 0.6 is 0 Å². The van der Waals surface area contributed by atoms with Gasteiger partial charge in [0.1, 0.15) is 0 Å². The Morgan fingerprint density at radius 1 is 1.21 bits per heavy atom. The van der Waals surface area contributed by atoms with Gasteiger partial charge < -0.3 is 10.2 Å². The lowest BCUT2D eigenvalue weighted by Gasteiger charge is -2.24. The summed E-state index contributed by atoms with van der Waals surface area (Å²) in [6.45, 7) is 6.85. The molecule has 1 amide bonds. The fraction of sp³-hybridized carbons (Fsp3) is 0.400. The molecule has 1 N–H and O–H groups in total. The molecule has 126 valence electrons. The van der Waals surface area contributed by atoms with Crippen LogP contribution in [0.3, 0.4) is 0 Å². The van der Waals surface area contributed by atoms with Gasteiger partial charge in [-0.05, 0) is 51.0 Å². The predicted molar refractivity (Wildman–Crippen MR) is 97.4 cm³/mol. The van der Waals surface area contributed by atoms with E-state index < -0.39 is 0 Å². The molecule has 0 bridgehead atoms. The number of nitrogens with one attached hydrogen (secondary N) is 1. The lowest BCUT2D eigenvalue weighted by atomic mass is 10.1. The van der Waals surface area contributed by atoms with E-state index in [-0.39, 0.29) is 11.9 Å². The van der Waals surface area contributed by atoms with Gasteiger partial charge in [-0.1, -0.05) is 24.6 Å². The minimum absolute atomic E-state index is 0.107. The number of aryl methyl sites for hydroxylation is 2. The number of hydrogen-bond donors (Lipinski definition) is 1. The first-order valence-corrected chi connectivity index (χ1v) is 8.68. The Kier molecular flexibility index (Phi) is 4.84. The van der Waals surface area contributed by atoms with Crippen LogP contribution in [0.2, 0.25) is 0 Å². The van der Waals surface area contributed by atoms with Crippen molar-refractivity contribution < 1.29 is 4.79 Å². The molecule has 0 spiro atoms. The second kappa shape index (κ2) is 7.04. The highest BCUT2D eigenvalue weighted by atomic mass is 16.2. The topological polar surface area (TPSA) is 45.2 Å². The molecule has 0 radical (unpaired) electrons. The van der Waals surface area contributed by atoms with Crippen molar-refractivity contribution in [3.63, 3.8) is 0 Å². The Labute approximate surface area is 143 Å². The fourth-order valence-electron chi connectivity index (χ4n) is 3.32. The summed E-state index contributed by atoms with van der Waals surface area (Å²) in [6.07, 6.45) is 2.59. The van der Waals surface area contributed by atoms with Crippen molar-refractivity contribution in [2.45, 2.75) is 46.1 Å². The van der Waals surface area contributed by atoms with E-state index in [0.29, 0.717) is 6.42 Å². The van der Waals surface area contributed by atoms with Crippen LogP contribution in [0.1, 0.15) is 49.2 Å². The van der Waals surface area contributed by atoms with E-state index in [2.05, 4.69) is 42.6 Å². The smallest absolute Gasteiger partial charge is 0.222 e. The predicted octanol–water partition coefficient (Wildman–Crippen LogP) is 4.52. The van der Waals surface area contributed by atoms with E-state index in [0.717, 1.165) is 42.1 Å². The normalized spacial score (nSPS) is 17.1. The molecule has 2 aromatic rings. The number of amides is 1. The van der Waals surface area contributed by atoms with E-state index in [1.54, 1.807) is 0 Å². The monoisotopic (exact) mass is 323 g/mol. The number of hydrogen-bond acceptors (Lipinski definition) is 3. The molecule has 0 aliphatic carbocycles. The molecule has 3 rings (SSSR count). The Morgan fingerprint density at radius 2 is 1.96 bits per heavy atom. The van der Waals surface area contributed by atoms with Crippen molar-refractivity contribution in [3.8, 4) is 0 Å². The molecule has 24 heavy (non-hydrogen) atoms. The van der Waals surface area contributed by atoms with Crippen LogP contribution in [-0.2, 0) is 4.79 Å². The molecule has 1 atom stereocenters. The number of likely N-dealkylation sites (tertiary alicyclic amines) is 1. The number of pyridine rings is 1. The Hall–Kier alpha value is -2.36. The molecule has 1 fully saturated rings. The van der Waals surface area contributed by atoms with Gasteiger partial charge in [-0.15, -0.1) is 0 Å². The summed E-state index contributed by atoms with van der Waals surface area (Å²) in [7, 11) is 0. The van der Waals surface area contributed by atoms with Crippen molar-refractivity contribution in [1.82, 2.24) is 9.88 Å². The lowest BCUT2D eigenvalue weighted by molar-refractivity contribution is -0.131. The first-order chi connectivity index (χ1) is 11.6. The van der Waals surface area contributed by atoms with E-state index >= 15 is 0 Å². The van der Waals surface area contributed by atoms with Gasteiger partial charge in [-0.2, -0.15) is 0 Å². The zero-order valence-corrected chi connectivity index (χ0v) is 14.7. The highest BCUT2D eigenvalue weighted by Crippen LogP contribution is 2.33. The number of nitrogens with zero attached hydrogens (tertiary/aromatic N) is 2. The number of carbonyl (C=O) groups is 1. The molecule has 1 aliphatic rings. The van der Waals surface area contributed by atoms with E-state index in [1.165, 1.54) is 5.56 Å². The molecule has 4 nitrogen and oxygen atoms in total. The average molecular weight is 323 g/mol. The third-order valence-corrected chi connectivity index (χ3v) is 4.53. The molecule has 1 aromatic heterocycles. The van der Waals surface area contributed by atoms with Crippen molar-refractivity contribution in [3.05, 3.63) is 53.3 Å². The van der Waals surface area contributed by atoms with Crippen molar-refractivity contribution in [2.24, 2.45) is 0 Å². The van der Waals surface area contributed by atoms with Crippen molar-refractivity contribution in [1.29, 1.82) is 0 Å². The standard InChI is InChI=1S/C20H25N3O/c1-4-20(24)23-11-5-6-19(23)18-13-17(12-15(3)21-18)22-16-9-7-14(2)8-10-16/h7-10,12-13,19H,4-6,11H2,1-3H3,(H,21,22). The number of rotatable bonds is 4. The van der Waals surface area contributed by atoms with Gasteiger partial charge in [0, 0.05) is 30.0 Å². The quantitative estimate of drug-likeness (QED) is 0.900. The summed E-state index contributed by atoms with van der Waals surface area (Å²) in [6, 6.07) is 12.6. The van der Waals surface area contributed by atoms with Crippen LogP contribution in [0.25, 0.3) is 0 Å². The van der Waals surface area contributed by atoms with Crippen LogP contribution < -0.4 is 5.32 Å². The van der Waals surface area contributed by atoms with Gasteiger partial charge in [-0.25, -0.2) is 0 Å². The van der Waals surface area contributed by atoms with Crippen LogP contribution in [0.15, 0.2) is 36.4 Å². The number of carbonyl (C=O) groups excluding carboxylic acids is 1. The minimum Gasteiger partial charge on any atom is -0.355 e. The third kappa shape index (κ3) is 3.58. The largest absolute Gasteiger partial charge is 0.355 e. The number of benzene rings is 1. The summed E-state index contributed by atoms with van der Waals surface area (Å²) in [5.74, 6) is 0.217. The summed E-state index contributed by atoms with van der Waals surface area (Å²) in [5.41, 5.74) is 5.29. The van der Waals surface area contributed by atoms with Gasteiger partial charge in [0.15, 0.2) is 0 Å². The van der Waals surface area contributed by atoms with Gasteiger partial charge in [0.05, 0.1) is 11.7 Å². The molecule has 1 unspecified atom stereocenters. The highest BCUT2D eigenvalue weighted by Gasteiger charge is 2.30. The molecule has 1 aromatic carbocycles. The van der Waals surface area contributed by atoms with Gasteiger partial charge in [0.2, 0.25) is 5.91 Å². The summed E-state index contributed by atoms with van der Waals surface area (Å²) >= 11 is 0. The van der Waals surface area contributed by atoms with E-state index in [4.69, 9.17) is 4.98 Å². The lowest BCUT2D eigenvalue weighted by Crippen LogP contribution is -2.30. The van der Waals surface area contributed by atoms with Gasteiger partial charge >= 0.3 is 0 Å². The Morgan fingerprint density at radius 3 is 2.67 bits per heavy atom. The molecule has 1 saturated heterocycles. The van der Waals surface area contributed by atoms with Crippen LogP contribution in [0, 0.1) is 13.8 Å². The fourth-order valence-corrected chi connectivity index (χ4v) is 3.32. The molecular formula is C20H25N3O. The maximum Gasteiger partial charge on any atom is 0.222 e. The molecule has 4 heteroatoms.